The first-order chi connectivity index (χ1) is 16.4. The molecule has 1 unspecified atom stereocenters. The molecule has 3 heterocycles. The predicted molar refractivity (Wildman–Crippen MR) is 125 cm³/mol. The van der Waals surface area contributed by atoms with Gasteiger partial charge in [0.2, 0.25) is 0 Å². The molecule has 0 bridgehead atoms. The quantitative estimate of drug-likeness (QED) is 0.236. The van der Waals surface area contributed by atoms with Crippen molar-refractivity contribution in [2.24, 2.45) is 0 Å². The summed E-state index contributed by atoms with van der Waals surface area (Å²) in [5, 5.41) is 11.3. The molecule has 5 rings (SSSR count). The van der Waals surface area contributed by atoms with E-state index in [-0.39, 0.29) is 16.5 Å². The molecule has 172 valence electrons. The number of ether oxygens (including phenoxy) is 1. The van der Waals surface area contributed by atoms with Gasteiger partial charge in [-0.2, -0.15) is 0 Å². The number of hydrogen-bond donors (Lipinski definition) is 1. The van der Waals surface area contributed by atoms with Gasteiger partial charge in [0.15, 0.2) is 5.13 Å². The van der Waals surface area contributed by atoms with Crippen LogP contribution in [0.5, 0.6) is 5.75 Å². The number of aliphatic hydroxyl groups is 1. The van der Waals surface area contributed by atoms with Gasteiger partial charge in [-0.05, 0) is 68.4 Å². The number of fused-ring (bicyclic) bond motifs is 1. The molecule has 1 atom stereocenters. The van der Waals surface area contributed by atoms with E-state index in [0.717, 1.165) is 11.3 Å². The van der Waals surface area contributed by atoms with Crippen molar-refractivity contribution >= 4 is 44.1 Å². The van der Waals surface area contributed by atoms with Crippen LogP contribution in [0.15, 0.2) is 64.6 Å². The zero-order valence-corrected chi connectivity index (χ0v) is 19.1. The van der Waals surface area contributed by atoms with Gasteiger partial charge < -0.3 is 14.3 Å². The van der Waals surface area contributed by atoms with Crippen molar-refractivity contribution in [3.05, 3.63) is 83.1 Å². The summed E-state index contributed by atoms with van der Waals surface area (Å²) >= 11 is 1.08. The van der Waals surface area contributed by atoms with Crippen LogP contribution in [0, 0.1) is 12.7 Å². The number of benzene rings is 2. The monoisotopic (exact) mass is 478 g/mol. The van der Waals surface area contributed by atoms with Gasteiger partial charge in [0.1, 0.15) is 34.9 Å². The van der Waals surface area contributed by atoms with Crippen LogP contribution in [0.25, 0.3) is 16.0 Å². The molecule has 1 saturated heterocycles. The van der Waals surface area contributed by atoms with E-state index in [0.29, 0.717) is 39.7 Å². The summed E-state index contributed by atoms with van der Waals surface area (Å²) in [6.07, 6.45) is 0. The first kappa shape index (κ1) is 21.8. The van der Waals surface area contributed by atoms with Gasteiger partial charge in [-0.1, -0.05) is 11.3 Å². The molecule has 2 aromatic heterocycles. The fraction of sp³-hybridized carbons (Fsp3) is 0.160. The third-order valence-corrected chi connectivity index (χ3v) is 6.48. The summed E-state index contributed by atoms with van der Waals surface area (Å²) in [5.41, 5.74) is 0.722. The lowest BCUT2D eigenvalue weighted by Crippen LogP contribution is -2.29. The molecule has 7 nitrogen and oxygen atoms in total. The average Bonchev–Trinajstić information content (AvgIpc) is 3.50. The fourth-order valence-electron chi connectivity index (χ4n) is 3.92. The van der Waals surface area contributed by atoms with Crippen LogP contribution in [0.4, 0.5) is 9.52 Å². The number of halogens is 1. The van der Waals surface area contributed by atoms with Gasteiger partial charge in [0.25, 0.3) is 5.78 Å². The van der Waals surface area contributed by atoms with E-state index < -0.39 is 23.5 Å². The number of amides is 1. The minimum atomic E-state index is -1.04. The lowest BCUT2D eigenvalue weighted by Gasteiger charge is -2.20. The van der Waals surface area contributed by atoms with Crippen molar-refractivity contribution < 1.29 is 28.2 Å². The summed E-state index contributed by atoms with van der Waals surface area (Å²) < 4.78 is 25.5. The zero-order chi connectivity index (χ0) is 24.0. The van der Waals surface area contributed by atoms with E-state index in [1.165, 1.54) is 23.1 Å². The van der Waals surface area contributed by atoms with E-state index in [4.69, 9.17) is 9.15 Å². The number of furan rings is 1. The molecule has 34 heavy (non-hydrogen) atoms. The first-order valence-corrected chi connectivity index (χ1v) is 11.4. The Morgan fingerprint density at radius 1 is 1.18 bits per heavy atom. The van der Waals surface area contributed by atoms with Crippen molar-refractivity contribution in [3.63, 3.8) is 0 Å². The molecule has 1 aliphatic heterocycles. The van der Waals surface area contributed by atoms with Gasteiger partial charge in [0, 0.05) is 5.56 Å². The molecular formula is C25H19FN2O5S. The largest absolute Gasteiger partial charge is 0.507 e. The van der Waals surface area contributed by atoms with Crippen LogP contribution in [0.2, 0.25) is 0 Å². The summed E-state index contributed by atoms with van der Waals surface area (Å²) in [6.45, 7) is 4.08. The number of Topliss-reactive ketones (excluding diaryl/α,β-unsaturated/α-hetero) is 1. The van der Waals surface area contributed by atoms with Crippen LogP contribution in [0.3, 0.4) is 0 Å². The number of hydrogen-bond acceptors (Lipinski definition) is 7. The van der Waals surface area contributed by atoms with Gasteiger partial charge in [0.05, 0.1) is 22.4 Å². The van der Waals surface area contributed by atoms with Gasteiger partial charge in [-0.15, -0.1) is 0 Å². The Hall–Kier alpha value is -3.98. The minimum absolute atomic E-state index is 0.117. The summed E-state index contributed by atoms with van der Waals surface area (Å²) in [4.78, 5) is 32.0. The Morgan fingerprint density at radius 3 is 2.62 bits per heavy atom. The predicted octanol–water partition coefficient (Wildman–Crippen LogP) is 5.36. The van der Waals surface area contributed by atoms with Crippen LogP contribution < -0.4 is 9.64 Å². The number of aromatic nitrogens is 1. The Kier molecular flexibility index (Phi) is 5.41. The molecule has 1 fully saturated rings. The highest BCUT2D eigenvalue weighted by Gasteiger charge is 2.49. The van der Waals surface area contributed by atoms with E-state index in [1.807, 2.05) is 6.92 Å². The molecule has 0 spiro atoms. The van der Waals surface area contributed by atoms with Gasteiger partial charge in [-0.3, -0.25) is 14.5 Å². The van der Waals surface area contributed by atoms with Crippen molar-refractivity contribution in [2.45, 2.75) is 19.9 Å². The Morgan fingerprint density at radius 2 is 1.94 bits per heavy atom. The topological polar surface area (TPSA) is 92.9 Å². The van der Waals surface area contributed by atoms with Gasteiger partial charge in [-0.25, -0.2) is 9.37 Å². The highest BCUT2D eigenvalue weighted by molar-refractivity contribution is 7.22. The minimum Gasteiger partial charge on any atom is -0.507 e. The van der Waals surface area contributed by atoms with Crippen molar-refractivity contribution in [2.75, 3.05) is 11.5 Å². The molecule has 1 aliphatic rings. The summed E-state index contributed by atoms with van der Waals surface area (Å²) in [7, 11) is 0. The molecule has 1 amide bonds. The molecule has 9 heteroatoms. The number of carbonyl (C=O) groups excluding carboxylic acids is 2. The van der Waals surface area contributed by atoms with E-state index in [1.54, 1.807) is 43.3 Å². The number of rotatable bonds is 5. The molecule has 0 radical (unpaired) electrons. The number of thiazole rings is 1. The zero-order valence-electron chi connectivity index (χ0n) is 18.2. The Bertz CT molecular complexity index is 1450. The molecule has 4 aromatic rings. The maximum Gasteiger partial charge on any atom is 0.302 e. The Balaban J connectivity index is 1.67. The van der Waals surface area contributed by atoms with Crippen LogP contribution in [-0.2, 0) is 9.59 Å². The molecule has 0 saturated carbocycles. The standard InChI is InChI=1S/C25H19FN2O5S/c1-3-32-16-8-5-14(6-9-16)22(29)20-21(18-11-4-13(2)33-18)28(24(31)23(20)30)25-27-17-10-7-15(26)12-19(17)34-25/h4-12,21,29H,3H2,1-2H3. The second-order valence-electron chi connectivity index (χ2n) is 7.68. The maximum atomic E-state index is 13.7. The number of nitrogens with zero attached hydrogens (tertiary/aromatic N) is 2. The average molecular weight is 479 g/mol. The van der Waals surface area contributed by atoms with Crippen LogP contribution in [-0.4, -0.2) is 28.4 Å². The SMILES string of the molecule is CCOc1ccc(C(O)=C2C(=O)C(=O)N(c3nc4ccc(F)cc4s3)C2c2ccc(C)o2)cc1. The summed E-state index contributed by atoms with van der Waals surface area (Å²) in [6, 6.07) is 13.0. The number of aryl methyl sites for hydroxylation is 1. The third kappa shape index (κ3) is 3.63. The highest BCUT2D eigenvalue weighted by Crippen LogP contribution is 2.44. The summed E-state index contributed by atoms with van der Waals surface area (Å²) in [5.74, 6) is -1.00. The van der Waals surface area contributed by atoms with Gasteiger partial charge >= 0.3 is 5.91 Å². The van der Waals surface area contributed by atoms with Crippen molar-refractivity contribution in [1.29, 1.82) is 0 Å². The normalized spacial score (nSPS) is 17.6. The number of anilines is 1. The highest BCUT2D eigenvalue weighted by atomic mass is 32.1. The van der Waals surface area contributed by atoms with Crippen LogP contribution in [0.1, 0.15) is 30.0 Å². The number of aliphatic hydroxyl groups excluding tert-OH is 1. The lowest BCUT2D eigenvalue weighted by molar-refractivity contribution is -0.132. The van der Waals surface area contributed by atoms with Crippen LogP contribution >= 0.6 is 11.3 Å². The second-order valence-corrected chi connectivity index (χ2v) is 8.69. The fourth-order valence-corrected chi connectivity index (χ4v) is 4.94. The third-order valence-electron chi connectivity index (χ3n) is 5.46. The van der Waals surface area contributed by atoms with Crippen molar-refractivity contribution in [3.8, 4) is 5.75 Å². The second kappa shape index (κ2) is 8.42. The smallest absolute Gasteiger partial charge is 0.302 e. The van der Waals surface area contributed by atoms with E-state index in [9.17, 15) is 19.1 Å². The van der Waals surface area contributed by atoms with Crippen molar-refractivity contribution in [1.82, 2.24) is 4.98 Å². The molecule has 2 aromatic carbocycles. The number of ketones is 1. The van der Waals surface area contributed by atoms with E-state index in [2.05, 4.69) is 4.98 Å². The first-order valence-electron chi connectivity index (χ1n) is 10.5. The van der Waals surface area contributed by atoms with E-state index >= 15 is 0 Å². The maximum absolute atomic E-state index is 13.7. The Labute approximate surface area is 197 Å². The molecular weight excluding hydrogens is 459 g/mol. The number of carbonyl (C=O) groups is 2. The molecule has 1 N–H and O–H groups in total. The molecule has 0 aliphatic carbocycles. The lowest BCUT2D eigenvalue weighted by atomic mass is 9.99.